The van der Waals surface area contributed by atoms with Crippen LogP contribution in [-0.2, 0) is 4.79 Å². The molecule has 0 atom stereocenters. The predicted octanol–water partition coefficient (Wildman–Crippen LogP) is 0.643. The summed E-state index contributed by atoms with van der Waals surface area (Å²) < 4.78 is 0.828. The maximum Gasteiger partial charge on any atom is 0.267 e. The lowest BCUT2D eigenvalue weighted by atomic mass is 10.4. The van der Waals surface area contributed by atoms with Crippen LogP contribution in [0.2, 0.25) is 0 Å². The highest BCUT2D eigenvalue weighted by atomic mass is 79.9. The van der Waals surface area contributed by atoms with Crippen molar-refractivity contribution in [3.8, 4) is 0 Å². The van der Waals surface area contributed by atoms with Crippen LogP contribution in [0.15, 0.2) is 16.7 Å². The first-order valence-electron chi connectivity index (χ1n) is 4.46. The zero-order chi connectivity index (χ0) is 11.3. The van der Waals surface area contributed by atoms with Gasteiger partial charge in [-0.05, 0) is 22.0 Å². The first-order chi connectivity index (χ1) is 7.09. The molecule has 1 rings (SSSR count). The van der Waals surface area contributed by atoms with Crippen LogP contribution in [-0.4, -0.2) is 29.9 Å². The molecule has 2 amide bonds. The average molecular weight is 274 g/mol. The van der Waals surface area contributed by atoms with Crippen LogP contribution in [0.4, 0.5) is 0 Å². The van der Waals surface area contributed by atoms with E-state index < -0.39 is 0 Å². The molecule has 0 spiro atoms. The van der Waals surface area contributed by atoms with Gasteiger partial charge in [0.15, 0.2) is 0 Å². The minimum absolute atomic E-state index is 0.105. The molecule has 0 radical (unpaired) electrons. The van der Waals surface area contributed by atoms with Gasteiger partial charge in [-0.2, -0.15) is 0 Å². The molecule has 15 heavy (non-hydrogen) atoms. The van der Waals surface area contributed by atoms with Crippen molar-refractivity contribution in [2.45, 2.75) is 6.92 Å². The van der Waals surface area contributed by atoms with Gasteiger partial charge >= 0.3 is 0 Å². The van der Waals surface area contributed by atoms with E-state index in [-0.39, 0.29) is 11.8 Å². The third-order valence-corrected chi connectivity index (χ3v) is 2.13. The van der Waals surface area contributed by atoms with Crippen molar-refractivity contribution in [3.63, 3.8) is 0 Å². The van der Waals surface area contributed by atoms with Crippen molar-refractivity contribution in [2.24, 2.45) is 0 Å². The van der Waals surface area contributed by atoms with Crippen LogP contribution in [0.3, 0.4) is 0 Å². The van der Waals surface area contributed by atoms with Gasteiger partial charge in [0.25, 0.3) is 5.91 Å². The number of hydrogen-bond donors (Lipinski definition) is 3. The van der Waals surface area contributed by atoms with Crippen LogP contribution in [0.25, 0.3) is 0 Å². The molecular weight excluding hydrogens is 262 g/mol. The van der Waals surface area contributed by atoms with Crippen LogP contribution in [0.5, 0.6) is 0 Å². The van der Waals surface area contributed by atoms with E-state index >= 15 is 0 Å². The smallest absolute Gasteiger partial charge is 0.267 e. The van der Waals surface area contributed by atoms with E-state index in [4.69, 9.17) is 0 Å². The monoisotopic (exact) mass is 273 g/mol. The number of rotatable bonds is 4. The Kier molecular flexibility index (Phi) is 4.36. The molecule has 0 fully saturated rings. The summed E-state index contributed by atoms with van der Waals surface area (Å²) >= 11 is 3.23. The van der Waals surface area contributed by atoms with Gasteiger partial charge in [-0.3, -0.25) is 9.59 Å². The second-order valence-electron chi connectivity index (χ2n) is 2.97. The summed E-state index contributed by atoms with van der Waals surface area (Å²) in [5.74, 6) is -0.294. The molecular formula is C9H12BrN3O2. The number of halogens is 1. The molecule has 82 valence electrons. The minimum Gasteiger partial charge on any atom is -0.356 e. The van der Waals surface area contributed by atoms with E-state index in [9.17, 15) is 9.59 Å². The highest BCUT2D eigenvalue weighted by molar-refractivity contribution is 9.10. The Hall–Kier alpha value is -1.30. The summed E-state index contributed by atoms with van der Waals surface area (Å²) in [7, 11) is 0. The molecule has 6 heteroatoms. The Bertz CT molecular complexity index is 362. The summed E-state index contributed by atoms with van der Waals surface area (Å²) in [4.78, 5) is 24.8. The molecule has 0 saturated heterocycles. The van der Waals surface area contributed by atoms with E-state index in [1.807, 2.05) is 0 Å². The second-order valence-corrected chi connectivity index (χ2v) is 3.89. The van der Waals surface area contributed by atoms with Gasteiger partial charge < -0.3 is 15.6 Å². The van der Waals surface area contributed by atoms with Crippen molar-refractivity contribution in [3.05, 3.63) is 22.4 Å². The van der Waals surface area contributed by atoms with Crippen molar-refractivity contribution in [1.82, 2.24) is 15.6 Å². The Morgan fingerprint density at radius 1 is 1.40 bits per heavy atom. The summed E-state index contributed by atoms with van der Waals surface area (Å²) in [5.41, 5.74) is 0.490. The zero-order valence-electron chi connectivity index (χ0n) is 8.26. The maximum atomic E-state index is 11.4. The molecule has 0 aliphatic carbocycles. The highest BCUT2D eigenvalue weighted by Gasteiger charge is 2.06. The fourth-order valence-electron chi connectivity index (χ4n) is 1.01. The molecule has 0 aliphatic rings. The molecule has 1 heterocycles. The van der Waals surface area contributed by atoms with E-state index in [0.29, 0.717) is 18.8 Å². The van der Waals surface area contributed by atoms with Crippen LogP contribution in [0, 0.1) is 0 Å². The molecule has 0 saturated carbocycles. The number of H-pyrrole nitrogens is 1. The first-order valence-corrected chi connectivity index (χ1v) is 5.25. The lowest BCUT2D eigenvalue weighted by molar-refractivity contribution is -0.118. The molecule has 1 aromatic rings. The zero-order valence-corrected chi connectivity index (χ0v) is 9.85. The van der Waals surface area contributed by atoms with Crippen molar-refractivity contribution in [2.75, 3.05) is 13.1 Å². The standard InChI is InChI=1S/C9H12BrN3O2/c1-6(14)11-2-3-12-9(15)8-4-7(10)5-13-8/h4-5,13H,2-3H2,1H3,(H,11,14)(H,12,15). The molecule has 0 unspecified atom stereocenters. The van der Waals surface area contributed by atoms with Gasteiger partial charge in [-0.1, -0.05) is 0 Å². The topological polar surface area (TPSA) is 74.0 Å². The van der Waals surface area contributed by atoms with Crippen LogP contribution in [0.1, 0.15) is 17.4 Å². The van der Waals surface area contributed by atoms with Gasteiger partial charge in [0.2, 0.25) is 5.91 Å². The highest BCUT2D eigenvalue weighted by Crippen LogP contribution is 2.09. The summed E-state index contributed by atoms with van der Waals surface area (Å²) in [6.45, 7) is 2.28. The Morgan fingerprint density at radius 3 is 2.60 bits per heavy atom. The summed E-state index contributed by atoms with van der Waals surface area (Å²) in [5, 5.41) is 5.25. The lowest BCUT2D eigenvalue weighted by Gasteiger charge is -2.03. The summed E-state index contributed by atoms with van der Waals surface area (Å²) in [6.07, 6.45) is 1.68. The Balaban J connectivity index is 2.28. The van der Waals surface area contributed by atoms with Crippen molar-refractivity contribution in [1.29, 1.82) is 0 Å². The fraction of sp³-hybridized carbons (Fsp3) is 0.333. The Labute approximate surface area is 95.8 Å². The maximum absolute atomic E-state index is 11.4. The van der Waals surface area contributed by atoms with Crippen LogP contribution >= 0.6 is 15.9 Å². The van der Waals surface area contributed by atoms with Crippen LogP contribution < -0.4 is 10.6 Å². The molecule has 0 aliphatic heterocycles. The summed E-state index contributed by atoms with van der Waals surface area (Å²) in [6, 6.07) is 1.69. The van der Waals surface area contributed by atoms with Gasteiger partial charge in [-0.25, -0.2) is 0 Å². The normalized spacial score (nSPS) is 9.73. The molecule has 0 bridgehead atoms. The van der Waals surface area contributed by atoms with Crippen molar-refractivity contribution < 1.29 is 9.59 Å². The Morgan fingerprint density at radius 2 is 2.07 bits per heavy atom. The van der Waals surface area contributed by atoms with E-state index in [2.05, 4.69) is 31.5 Å². The third kappa shape index (κ3) is 4.16. The third-order valence-electron chi connectivity index (χ3n) is 1.68. The average Bonchev–Trinajstić information content (AvgIpc) is 2.59. The first kappa shape index (κ1) is 11.8. The molecule has 0 aromatic carbocycles. The van der Waals surface area contributed by atoms with Gasteiger partial charge in [-0.15, -0.1) is 0 Å². The van der Waals surface area contributed by atoms with Crippen molar-refractivity contribution >= 4 is 27.7 Å². The lowest BCUT2D eigenvalue weighted by Crippen LogP contribution is -2.33. The predicted molar refractivity (Wildman–Crippen MR) is 59.5 cm³/mol. The van der Waals surface area contributed by atoms with E-state index in [1.54, 1.807) is 12.3 Å². The fourth-order valence-corrected chi connectivity index (χ4v) is 1.35. The van der Waals surface area contributed by atoms with E-state index in [0.717, 1.165) is 4.47 Å². The van der Waals surface area contributed by atoms with Gasteiger partial charge in [0, 0.05) is 30.7 Å². The molecule has 5 nitrogen and oxygen atoms in total. The minimum atomic E-state index is -0.189. The number of amides is 2. The van der Waals surface area contributed by atoms with E-state index in [1.165, 1.54) is 6.92 Å². The SMILES string of the molecule is CC(=O)NCCNC(=O)c1cc(Br)c[nH]1. The molecule has 1 aromatic heterocycles. The number of hydrogen-bond acceptors (Lipinski definition) is 2. The number of carbonyl (C=O) groups is 2. The number of carbonyl (C=O) groups excluding carboxylic acids is 2. The molecule has 3 N–H and O–H groups in total. The largest absolute Gasteiger partial charge is 0.356 e. The number of aromatic amines is 1. The number of nitrogens with one attached hydrogen (secondary N) is 3. The quantitative estimate of drug-likeness (QED) is 0.705. The number of aromatic nitrogens is 1. The second kappa shape index (κ2) is 5.55. The van der Waals surface area contributed by atoms with Gasteiger partial charge in [0.05, 0.1) is 0 Å². The van der Waals surface area contributed by atoms with Gasteiger partial charge in [0.1, 0.15) is 5.69 Å².